The van der Waals surface area contributed by atoms with Gasteiger partial charge in [0.15, 0.2) is 11.5 Å². The van der Waals surface area contributed by atoms with Gasteiger partial charge in [-0.25, -0.2) is 0 Å². The van der Waals surface area contributed by atoms with Crippen molar-refractivity contribution in [3.05, 3.63) is 40.1 Å². The van der Waals surface area contributed by atoms with Crippen molar-refractivity contribution in [2.24, 2.45) is 0 Å². The molecule has 0 unspecified atom stereocenters. The number of hydrogen-bond donors (Lipinski definition) is 0. The van der Waals surface area contributed by atoms with Crippen LogP contribution < -0.4 is 0 Å². The molecule has 0 saturated heterocycles. The van der Waals surface area contributed by atoms with Gasteiger partial charge in [0.1, 0.15) is 0 Å². The van der Waals surface area contributed by atoms with Crippen molar-refractivity contribution in [2.75, 3.05) is 0 Å². The second-order valence-corrected chi connectivity index (χ2v) is 4.76. The largest absolute Gasteiger partial charge is 0.355 e. The Kier molecular flexibility index (Phi) is 3.07. The minimum atomic E-state index is -0.0239. The van der Waals surface area contributed by atoms with Gasteiger partial charge in [0.2, 0.25) is 0 Å². The molecule has 0 fully saturated rings. The standard InChI is InChI=1S/C15H17NO2/c1-8-6-9(2)11(4)14(10(8)3)15-13(12(5)17)7-16-18-15/h6-7H,1-5H3. The highest BCUT2D eigenvalue weighted by molar-refractivity contribution is 5.99. The summed E-state index contributed by atoms with van der Waals surface area (Å²) in [5, 5.41) is 3.77. The van der Waals surface area contributed by atoms with Crippen molar-refractivity contribution in [2.45, 2.75) is 34.6 Å². The van der Waals surface area contributed by atoms with Crippen molar-refractivity contribution in [3.8, 4) is 11.3 Å². The predicted octanol–water partition coefficient (Wildman–Crippen LogP) is 3.78. The van der Waals surface area contributed by atoms with E-state index in [4.69, 9.17) is 4.52 Å². The number of rotatable bonds is 2. The second kappa shape index (κ2) is 4.41. The lowest BCUT2D eigenvalue weighted by molar-refractivity contribution is 0.101. The number of carbonyl (C=O) groups is 1. The first-order valence-electron chi connectivity index (χ1n) is 5.97. The lowest BCUT2D eigenvalue weighted by Crippen LogP contribution is -1.98. The lowest BCUT2D eigenvalue weighted by atomic mass is 9.91. The molecule has 0 aliphatic rings. The third-order valence-electron chi connectivity index (χ3n) is 3.54. The van der Waals surface area contributed by atoms with Crippen LogP contribution >= 0.6 is 0 Å². The molecule has 1 aromatic carbocycles. The number of aryl methyl sites for hydroxylation is 2. The summed E-state index contributed by atoms with van der Waals surface area (Å²) >= 11 is 0. The summed E-state index contributed by atoms with van der Waals surface area (Å²) in [4.78, 5) is 11.6. The zero-order chi connectivity index (χ0) is 13.4. The maximum absolute atomic E-state index is 11.6. The van der Waals surface area contributed by atoms with Gasteiger partial charge < -0.3 is 4.52 Å². The van der Waals surface area contributed by atoms with E-state index in [1.165, 1.54) is 24.2 Å². The molecular weight excluding hydrogens is 226 g/mol. The fourth-order valence-corrected chi connectivity index (χ4v) is 2.23. The van der Waals surface area contributed by atoms with Crippen molar-refractivity contribution in [1.29, 1.82) is 0 Å². The van der Waals surface area contributed by atoms with Crippen LogP contribution in [0.4, 0.5) is 0 Å². The first-order valence-corrected chi connectivity index (χ1v) is 5.97. The van der Waals surface area contributed by atoms with Gasteiger partial charge in [-0.05, 0) is 56.9 Å². The number of benzene rings is 1. The van der Waals surface area contributed by atoms with E-state index in [1.54, 1.807) is 0 Å². The van der Waals surface area contributed by atoms with Crippen LogP contribution in [0.25, 0.3) is 11.3 Å². The van der Waals surface area contributed by atoms with Crippen LogP contribution in [0.5, 0.6) is 0 Å². The zero-order valence-corrected chi connectivity index (χ0v) is 11.4. The average molecular weight is 243 g/mol. The Balaban J connectivity index is 2.79. The first kappa shape index (κ1) is 12.6. The molecule has 2 aromatic rings. The lowest BCUT2D eigenvalue weighted by Gasteiger charge is -2.13. The summed E-state index contributed by atoms with van der Waals surface area (Å²) in [7, 11) is 0. The molecule has 2 rings (SSSR count). The molecule has 1 heterocycles. The molecule has 0 atom stereocenters. The Bertz CT molecular complexity index is 597. The van der Waals surface area contributed by atoms with Crippen molar-refractivity contribution in [3.63, 3.8) is 0 Å². The van der Waals surface area contributed by atoms with Gasteiger partial charge in [0.25, 0.3) is 0 Å². The van der Waals surface area contributed by atoms with Gasteiger partial charge in [-0.1, -0.05) is 11.2 Å². The molecule has 0 aliphatic heterocycles. The molecule has 1 aromatic heterocycles. The molecule has 18 heavy (non-hydrogen) atoms. The maximum atomic E-state index is 11.6. The van der Waals surface area contributed by atoms with Gasteiger partial charge in [-0.3, -0.25) is 4.79 Å². The highest BCUT2D eigenvalue weighted by Crippen LogP contribution is 2.33. The third kappa shape index (κ3) is 1.86. The fourth-order valence-electron chi connectivity index (χ4n) is 2.23. The molecule has 0 aliphatic carbocycles. The molecule has 0 radical (unpaired) electrons. The van der Waals surface area contributed by atoms with Crippen LogP contribution in [-0.4, -0.2) is 10.9 Å². The van der Waals surface area contributed by atoms with Gasteiger partial charge >= 0.3 is 0 Å². The molecular formula is C15H17NO2. The molecule has 3 nitrogen and oxygen atoms in total. The summed E-state index contributed by atoms with van der Waals surface area (Å²) in [6, 6.07) is 2.15. The Labute approximate surface area is 107 Å². The normalized spacial score (nSPS) is 10.7. The van der Waals surface area contributed by atoms with E-state index in [9.17, 15) is 4.79 Å². The average Bonchev–Trinajstić information content (AvgIpc) is 2.76. The first-order chi connectivity index (χ1) is 8.43. The second-order valence-electron chi connectivity index (χ2n) is 4.76. The Hall–Kier alpha value is -1.90. The van der Waals surface area contributed by atoms with Crippen LogP contribution in [0.3, 0.4) is 0 Å². The Morgan fingerprint density at radius 3 is 2.17 bits per heavy atom. The molecule has 94 valence electrons. The smallest absolute Gasteiger partial charge is 0.178 e. The van der Waals surface area contributed by atoms with E-state index in [0.29, 0.717) is 11.3 Å². The monoisotopic (exact) mass is 243 g/mol. The van der Waals surface area contributed by atoms with Crippen LogP contribution in [0.1, 0.15) is 39.5 Å². The van der Waals surface area contributed by atoms with E-state index in [-0.39, 0.29) is 5.78 Å². The molecule has 0 saturated carbocycles. The van der Waals surface area contributed by atoms with Gasteiger partial charge in [-0.15, -0.1) is 0 Å². The topological polar surface area (TPSA) is 43.1 Å². The number of nitrogens with zero attached hydrogens (tertiary/aromatic N) is 1. The van der Waals surface area contributed by atoms with E-state index in [0.717, 1.165) is 16.7 Å². The highest BCUT2D eigenvalue weighted by atomic mass is 16.5. The molecule has 3 heteroatoms. The summed E-state index contributed by atoms with van der Waals surface area (Å²) in [6.07, 6.45) is 1.49. The van der Waals surface area contributed by atoms with Gasteiger partial charge in [0, 0.05) is 5.56 Å². The van der Waals surface area contributed by atoms with Crippen molar-refractivity contribution in [1.82, 2.24) is 5.16 Å². The van der Waals surface area contributed by atoms with Gasteiger partial charge in [-0.2, -0.15) is 0 Å². The van der Waals surface area contributed by atoms with Crippen molar-refractivity contribution < 1.29 is 9.32 Å². The van der Waals surface area contributed by atoms with E-state index in [1.807, 2.05) is 13.8 Å². The summed E-state index contributed by atoms with van der Waals surface area (Å²) in [5.41, 5.74) is 6.20. The summed E-state index contributed by atoms with van der Waals surface area (Å²) in [5.74, 6) is 0.563. The van der Waals surface area contributed by atoms with Crippen LogP contribution in [0, 0.1) is 27.7 Å². The summed E-state index contributed by atoms with van der Waals surface area (Å²) < 4.78 is 5.31. The van der Waals surface area contributed by atoms with Gasteiger partial charge in [0.05, 0.1) is 11.8 Å². The van der Waals surface area contributed by atoms with Crippen LogP contribution in [-0.2, 0) is 0 Å². The van der Waals surface area contributed by atoms with E-state index in [2.05, 4.69) is 25.1 Å². The molecule has 0 N–H and O–H groups in total. The summed E-state index contributed by atoms with van der Waals surface area (Å²) in [6.45, 7) is 9.75. The van der Waals surface area contributed by atoms with Crippen LogP contribution in [0.2, 0.25) is 0 Å². The molecule has 0 bridgehead atoms. The molecule has 0 spiro atoms. The zero-order valence-electron chi connectivity index (χ0n) is 11.4. The number of hydrogen-bond acceptors (Lipinski definition) is 3. The number of Topliss-reactive ketones (excluding diaryl/α,β-unsaturated/α-hetero) is 1. The van der Waals surface area contributed by atoms with Crippen molar-refractivity contribution >= 4 is 5.78 Å². The third-order valence-corrected chi connectivity index (χ3v) is 3.54. The minimum absolute atomic E-state index is 0.0239. The van der Waals surface area contributed by atoms with Crippen LogP contribution in [0.15, 0.2) is 16.8 Å². The predicted molar refractivity (Wildman–Crippen MR) is 70.9 cm³/mol. The fraction of sp³-hybridized carbons (Fsp3) is 0.333. The quantitative estimate of drug-likeness (QED) is 0.754. The SMILES string of the molecule is CC(=O)c1cnoc1-c1c(C)c(C)cc(C)c1C. The minimum Gasteiger partial charge on any atom is -0.355 e. The number of carbonyl (C=O) groups excluding carboxylic acids is 1. The molecule has 0 amide bonds. The number of ketones is 1. The highest BCUT2D eigenvalue weighted by Gasteiger charge is 2.20. The maximum Gasteiger partial charge on any atom is 0.178 e. The Morgan fingerprint density at radius 2 is 1.67 bits per heavy atom. The van der Waals surface area contributed by atoms with E-state index < -0.39 is 0 Å². The Morgan fingerprint density at radius 1 is 1.11 bits per heavy atom. The number of aromatic nitrogens is 1. The van der Waals surface area contributed by atoms with E-state index >= 15 is 0 Å².